The van der Waals surface area contributed by atoms with E-state index in [1.54, 1.807) is 16.8 Å². The number of aromatic nitrogens is 2. The molecule has 0 radical (unpaired) electrons. The molecule has 6 heteroatoms. The average molecular weight is 239 g/mol. The largest absolute Gasteiger partial charge is 0.383 e. The molecule has 0 saturated carbocycles. The van der Waals surface area contributed by atoms with Crippen molar-refractivity contribution < 1.29 is 0 Å². The predicted molar refractivity (Wildman–Crippen MR) is 68.4 cm³/mol. The van der Waals surface area contributed by atoms with Crippen molar-refractivity contribution in [3.05, 3.63) is 22.7 Å². The quantitative estimate of drug-likeness (QED) is 0.603. The van der Waals surface area contributed by atoms with Crippen molar-refractivity contribution in [1.82, 2.24) is 9.55 Å². The van der Waals surface area contributed by atoms with Gasteiger partial charge in [-0.25, -0.2) is 4.79 Å². The smallest absolute Gasteiger partial charge is 0.349 e. The zero-order chi connectivity index (χ0) is 12.7. The summed E-state index contributed by atoms with van der Waals surface area (Å²) >= 11 is 0. The highest BCUT2D eigenvalue weighted by molar-refractivity contribution is 5.23. The standard InChI is InChI=1S/C11H21N5O/c12-6-1-3-9(13)4-2-7-16-8-5-10(14)15-11(16)17/h5,8-9H,1-4,6-7,12-13H2,(H2,14,15,17)/t9-/m0/s1. The monoisotopic (exact) mass is 239 g/mol. The van der Waals surface area contributed by atoms with Crippen LogP contribution < -0.4 is 22.9 Å². The SMILES string of the molecule is NCCC[C@H](N)CCCn1ccc(N)nc1=O. The lowest BCUT2D eigenvalue weighted by Crippen LogP contribution is -2.25. The topological polar surface area (TPSA) is 113 Å². The maximum absolute atomic E-state index is 11.4. The molecule has 0 bridgehead atoms. The molecule has 0 aliphatic rings. The molecule has 1 rings (SSSR count). The van der Waals surface area contributed by atoms with Gasteiger partial charge in [-0.05, 0) is 38.3 Å². The van der Waals surface area contributed by atoms with Crippen LogP contribution in [0.25, 0.3) is 0 Å². The van der Waals surface area contributed by atoms with Crippen LogP contribution in [0, 0.1) is 0 Å². The number of nitrogen functional groups attached to an aromatic ring is 1. The van der Waals surface area contributed by atoms with Gasteiger partial charge in [0.05, 0.1) is 0 Å². The van der Waals surface area contributed by atoms with Crippen molar-refractivity contribution in [3.8, 4) is 0 Å². The van der Waals surface area contributed by atoms with E-state index in [0.29, 0.717) is 13.1 Å². The van der Waals surface area contributed by atoms with Crippen LogP contribution in [0.1, 0.15) is 25.7 Å². The van der Waals surface area contributed by atoms with Gasteiger partial charge in [-0.15, -0.1) is 0 Å². The lowest BCUT2D eigenvalue weighted by molar-refractivity contribution is 0.493. The molecule has 6 N–H and O–H groups in total. The molecule has 1 heterocycles. The molecule has 1 aromatic rings. The highest BCUT2D eigenvalue weighted by Gasteiger charge is 2.03. The number of rotatable bonds is 7. The van der Waals surface area contributed by atoms with Gasteiger partial charge in [0.25, 0.3) is 0 Å². The molecule has 96 valence electrons. The summed E-state index contributed by atoms with van der Waals surface area (Å²) in [7, 11) is 0. The minimum absolute atomic E-state index is 0.163. The van der Waals surface area contributed by atoms with Crippen LogP contribution in [0.2, 0.25) is 0 Å². The number of anilines is 1. The molecule has 17 heavy (non-hydrogen) atoms. The summed E-state index contributed by atoms with van der Waals surface area (Å²) in [6.45, 7) is 1.30. The second kappa shape index (κ2) is 7.03. The summed E-state index contributed by atoms with van der Waals surface area (Å²) in [5, 5.41) is 0. The highest BCUT2D eigenvalue weighted by atomic mass is 16.1. The fourth-order valence-electron chi connectivity index (χ4n) is 1.66. The van der Waals surface area contributed by atoms with E-state index < -0.39 is 0 Å². The summed E-state index contributed by atoms with van der Waals surface area (Å²) in [4.78, 5) is 15.1. The van der Waals surface area contributed by atoms with Crippen molar-refractivity contribution >= 4 is 5.82 Å². The second-order valence-electron chi connectivity index (χ2n) is 4.16. The second-order valence-corrected chi connectivity index (χ2v) is 4.16. The summed E-state index contributed by atoms with van der Waals surface area (Å²) in [6, 6.07) is 1.78. The van der Waals surface area contributed by atoms with E-state index in [2.05, 4.69) is 4.98 Å². The zero-order valence-electron chi connectivity index (χ0n) is 10.0. The van der Waals surface area contributed by atoms with Crippen LogP contribution >= 0.6 is 0 Å². The Hall–Kier alpha value is -1.40. The number of hydrogen-bond acceptors (Lipinski definition) is 5. The molecule has 6 nitrogen and oxygen atoms in total. The Bertz CT molecular complexity index is 390. The molecule has 0 aliphatic carbocycles. The van der Waals surface area contributed by atoms with Gasteiger partial charge in [-0.2, -0.15) is 4.98 Å². The molecule has 0 fully saturated rings. The third-order valence-corrected chi connectivity index (χ3v) is 2.65. The maximum atomic E-state index is 11.4. The summed E-state index contributed by atoms with van der Waals surface area (Å²) in [5.41, 5.74) is 16.4. The van der Waals surface area contributed by atoms with Crippen molar-refractivity contribution in [3.63, 3.8) is 0 Å². The van der Waals surface area contributed by atoms with E-state index in [-0.39, 0.29) is 17.5 Å². The Morgan fingerprint density at radius 1 is 1.35 bits per heavy atom. The first-order chi connectivity index (χ1) is 8.13. The summed E-state index contributed by atoms with van der Waals surface area (Å²) < 4.78 is 1.55. The molecular weight excluding hydrogens is 218 g/mol. The van der Waals surface area contributed by atoms with Crippen molar-refractivity contribution in [2.75, 3.05) is 12.3 Å². The van der Waals surface area contributed by atoms with Crippen LogP contribution in [-0.2, 0) is 6.54 Å². The van der Waals surface area contributed by atoms with Crippen LogP contribution in [0.5, 0.6) is 0 Å². The van der Waals surface area contributed by atoms with Gasteiger partial charge in [0, 0.05) is 18.8 Å². The molecule has 0 aliphatic heterocycles. The highest BCUT2D eigenvalue weighted by Crippen LogP contribution is 2.03. The molecule has 0 spiro atoms. The van der Waals surface area contributed by atoms with Gasteiger partial charge in [-0.3, -0.25) is 4.57 Å². The third-order valence-electron chi connectivity index (χ3n) is 2.65. The lowest BCUT2D eigenvalue weighted by atomic mass is 10.1. The molecular formula is C11H21N5O. The van der Waals surface area contributed by atoms with E-state index in [1.807, 2.05) is 0 Å². The molecule has 1 atom stereocenters. The van der Waals surface area contributed by atoms with Gasteiger partial charge < -0.3 is 17.2 Å². The Kier molecular flexibility index (Phi) is 5.65. The molecule has 0 saturated heterocycles. The first-order valence-electron chi connectivity index (χ1n) is 5.92. The Labute approximate surface area is 101 Å². The number of nitrogens with zero attached hydrogens (tertiary/aromatic N) is 2. The first-order valence-corrected chi connectivity index (χ1v) is 5.92. The number of hydrogen-bond donors (Lipinski definition) is 3. The maximum Gasteiger partial charge on any atom is 0.349 e. The minimum Gasteiger partial charge on any atom is -0.383 e. The van der Waals surface area contributed by atoms with E-state index in [9.17, 15) is 4.79 Å². The predicted octanol–water partition coefficient (Wildman–Crippen LogP) is -0.328. The van der Waals surface area contributed by atoms with E-state index in [1.165, 1.54) is 0 Å². The zero-order valence-corrected chi connectivity index (χ0v) is 10.0. The van der Waals surface area contributed by atoms with Crippen LogP contribution in [0.3, 0.4) is 0 Å². The van der Waals surface area contributed by atoms with Crippen molar-refractivity contribution in [2.24, 2.45) is 11.5 Å². The normalized spacial score (nSPS) is 12.6. The van der Waals surface area contributed by atoms with Gasteiger partial charge in [0.1, 0.15) is 5.82 Å². The van der Waals surface area contributed by atoms with Crippen molar-refractivity contribution in [2.45, 2.75) is 38.3 Å². The average Bonchev–Trinajstić information content (AvgIpc) is 2.29. The third kappa shape index (κ3) is 4.97. The fraction of sp³-hybridized carbons (Fsp3) is 0.636. The first kappa shape index (κ1) is 13.7. The Morgan fingerprint density at radius 2 is 2.06 bits per heavy atom. The molecule has 1 aromatic heterocycles. The molecule has 0 amide bonds. The van der Waals surface area contributed by atoms with Gasteiger partial charge in [0.15, 0.2) is 0 Å². The van der Waals surface area contributed by atoms with Crippen molar-refractivity contribution in [1.29, 1.82) is 0 Å². The molecule has 0 unspecified atom stereocenters. The molecule has 0 aromatic carbocycles. The summed E-state index contributed by atoms with van der Waals surface area (Å²) in [5.74, 6) is 0.255. The Morgan fingerprint density at radius 3 is 2.71 bits per heavy atom. The van der Waals surface area contributed by atoms with Gasteiger partial charge >= 0.3 is 5.69 Å². The van der Waals surface area contributed by atoms with Gasteiger partial charge in [0.2, 0.25) is 0 Å². The number of aryl methyl sites for hydroxylation is 1. The van der Waals surface area contributed by atoms with E-state index >= 15 is 0 Å². The van der Waals surface area contributed by atoms with Crippen LogP contribution in [-0.4, -0.2) is 22.1 Å². The van der Waals surface area contributed by atoms with E-state index in [0.717, 1.165) is 25.7 Å². The number of nitrogens with two attached hydrogens (primary N) is 3. The van der Waals surface area contributed by atoms with E-state index in [4.69, 9.17) is 17.2 Å². The minimum atomic E-state index is -0.305. The lowest BCUT2D eigenvalue weighted by Gasteiger charge is -2.11. The van der Waals surface area contributed by atoms with Crippen LogP contribution in [0.4, 0.5) is 5.82 Å². The van der Waals surface area contributed by atoms with Crippen LogP contribution in [0.15, 0.2) is 17.1 Å². The van der Waals surface area contributed by atoms with Gasteiger partial charge in [-0.1, -0.05) is 0 Å². The fourth-order valence-corrected chi connectivity index (χ4v) is 1.66. The summed E-state index contributed by atoms with van der Waals surface area (Å²) in [6.07, 6.45) is 5.29. The Balaban J connectivity index is 2.33.